The number of benzene rings is 2. The second-order valence-corrected chi connectivity index (χ2v) is 13.4. The third-order valence-electron chi connectivity index (χ3n) is 8.20. The van der Waals surface area contributed by atoms with E-state index in [4.69, 9.17) is 5.10 Å². The molecule has 0 spiro atoms. The molecule has 6 aromatic rings. The van der Waals surface area contributed by atoms with Crippen LogP contribution in [0.2, 0.25) is 0 Å². The molecule has 45 heavy (non-hydrogen) atoms. The van der Waals surface area contributed by atoms with Crippen LogP contribution in [0.3, 0.4) is 0 Å². The SMILES string of the molecule is CC(C)(C)CNc1c(C#N)cnc2c(C#N)cc(N[C@H](c3cn(C4(c5ccncc5)CC4)nn3)c3cccc4ncsc34)cc12. The van der Waals surface area contributed by atoms with Crippen LogP contribution in [-0.2, 0) is 5.54 Å². The highest BCUT2D eigenvalue weighted by Crippen LogP contribution is 2.49. The van der Waals surface area contributed by atoms with Gasteiger partial charge in [0.15, 0.2) is 0 Å². The van der Waals surface area contributed by atoms with E-state index in [1.54, 1.807) is 17.4 Å². The number of fused-ring (bicyclic) bond motifs is 2. The summed E-state index contributed by atoms with van der Waals surface area (Å²) in [4.78, 5) is 13.3. The number of anilines is 2. The van der Waals surface area contributed by atoms with Gasteiger partial charge in [-0.1, -0.05) is 38.1 Å². The first-order valence-electron chi connectivity index (χ1n) is 14.7. The molecule has 0 saturated heterocycles. The molecule has 0 bridgehead atoms. The third-order valence-corrected chi connectivity index (χ3v) is 9.09. The molecule has 2 aromatic carbocycles. The summed E-state index contributed by atoms with van der Waals surface area (Å²) in [5.74, 6) is 0. The average molecular weight is 611 g/mol. The predicted octanol–water partition coefficient (Wildman–Crippen LogP) is 6.77. The van der Waals surface area contributed by atoms with Gasteiger partial charge in [0.05, 0.1) is 55.8 Å². The van der Waals surface area contributed by atoms with Crippen molar-refractivity contribution < 1.29 is 0 Å². The summed E-state index contributed by atoms with van der Waals surface area (Å²) in [6.07, 6.45) is 9.11. The van der Waals surface area contributed by atoms with Crippen LogP contribution in [0, 0.1) is 28.1 Å². The number of pyridine rings is 2. The molecule has 222 valence electrons. The van der Waals surface area contributed by atoms with Gasteiger partial charge in [0.1, 0.15) is 17.8 Å². The Bertz CT molecular complexity index is 2120. The third kappa shape index (κ3) is 5.22. The molecular formula is C34H30N10S. The van der Waals surface area contributed by atoms with E-state index in [0.29, 0.717) is 39.9 Å². The number of hydrogen-bond donors (Lipinski definition) is 2. The van der Waals surface area contributed by atoms with Crippen molar-refractivity contribution in [2.45, 2.75) is 45.2 Å². The Kier molecular flexibility index (Phi) is 6.91. The number of aromatic nitrogens is 6. The lowest BCUT2D eigenvalue weighted by atomic mass is 9.96. The van der Waals surface area contributed by atoms with Crippen LogP contribution in [0.25, 0.3) is 21.1 Å². The van der Waals surface area contributed by atoms with Crippen molar-refractivity contribution in [2.24, 2.45) is 5.41 Å². The number of nitriles is 2. The predicted molar refractivity (Wildman–Crippen MR) is 175 cm³/mol. The molecule has 4 heterocycles. The quantitative estimate of drug-likeness (QED) is 0.191. The summed E-state index contributed by atoms with van der Waals surface area (Å²) < 4.78 is 3.01. The van der Waals surface area contributed by atoms with Crippen LogP contribution < -0.4 is 10.6 Å². The Hall–Kier alpha value is -5.39. The molecule has 7 rings (SSSR count). The van der Waals surface area contributed by atoms with Crippen molar-refractivity contribution in [3.8, 4) is 12.1 Å². The normalized spacial score (nSPS) is 14.5. The average Bonchev–Trinajstić information content (AvgIpc) is 3.45. The molecule has 1 fully saturated rings. The Labute approximate surface area is 264 Å². The highest BCUT2D eigenvalue weighted by atomic mass is 32.1. The number of nitrogens with zero attached hydrogens (tertiary/aromatic N) is 8. The van der Waals surface area contributed by atoms with Crippen LogP contribution >= 0.6 is 11.3 Å². The second kappa shape index (κ2) is 11.0. The lowest BCUT2D eigenvalue weighted by Gasteiger charge is -2.22. The Morgan fingerprint density at radius 3 is 2.58 bits per heavy atom. The molecule has 0 unspecified atom stereocenters. The maximum absolute atomic E-state index is 10.2. The van der Waals surface area contributed by atoms with E-state index in [-0.39, 0.29) is 11.0 Å². The summed E-state index contributed by atoms with van der Waals surface area (Å²) in [5, 5.41) is 37.3. The lowest BCUT2D eigenvalue weighted by molar-refractivity contribution is 0.443. The molecule has 11 heteroatoms. The van der Waals surface area contributed by atoms with Crippen LogP contribution in [-0.4, -0.2) is 36.5 Å². The first kappa shape index (κ1) is 28.4. The fraction of sp³-hybridized carbons (Fsp3) is 0.265. The van der Waals surface area contributed by atoms with Crippen molar-refractivity contribution in [1.82, 2.24) is 29.9 Å². The van der Waals surface area contributed by atoms with Gasteiger partial charge in [-0.25, -0.2) is 9.67 Å². The van der Waals surface area contributed by atoms with E-state index in [0.717, 1.165) is 39.9 Å². The van der Waals surface area contributed by atoms with Gasteiger partial charge < -0.3 is 10.6 Å². The van der Waals surface area contributed by atoms with Gasteiger partial charge in [-0.15, -0.1) is 16.4 Å². The zero-order valence-electron chi connectivity index (χ0n) is 25.1. The fourth-order valence-corrected chi connectivity index (χ4v) is 6.60. The van der Waals surface area contributed by atoms with Crippen molar-refractivity contribution in [1.29, 1.82) is 10.5 Å². The maximum atomic E-state index is 10.2. The van der Waals surface area contributed by atoms with Crippen molar-refractivity contribution >= 4 is 43.8 Å². The van der Waals surface area contributed by atoms with Crippen LogP contribution in [0.5, 0.6) is 0 Å². The van der Waals surface area contributed by atoms with E-state index in [1.807, 2.05) is 59.1 Å². The zero-order valence-corrected chi connectivity index (χ0v) is 25.9. The van der Waals surface area contributed by atoms with Crippen LogP contribution in [0.4, 0.5) is 11.4 Å². The van der Waals surface area contributed by atoms with Crippen molar-refractivity contribution in [2.75, 3.05) is 17.2 Å². The topological polar surface area (TPSA) is 141 Å². The van der Waals surface area contributed by atoms with Gasteiger partial charge >= 0.3 is 0 Å². The van der Waals surface area contributed by atoms with Gasteiger partial charge in [0.25, 0.3) is 0 Å². The summed E-state index contributed by atoms with van der Waals surface area (Å²) in [6.45, 7) is 7.02. The molecule has 10 nitrogen and oxygen atoms in total. The monoisotopic (exact) mass is 610 g/mol. The fourth-order valence-electron chi connectivity index (χ4n) is 5.76. The molecule has 1 aliphatic rings. The van der Waals surface area contributed by atoms with Gasteiger partial charge in [-0.05, 0) is 59.7 Å². The highest BCUT2D eigenvalue weighted by Gasteiger charge is 2.47. The van der Waals surface area contributed by atoms with E-state index >= 15 is 0 Å². The standard InChI is InChI=1S/C34H30N10S/c1-33(2,3)19-39-30-22(16-36)17-38-29-21(15-35)13-24(14-26(29)30)41-31(25-5-4-6-27-32(25)45-20-40-27)28-18-44(43-42-28)34(9-10-34)23-7-11-37-12-8-23/h4-8,11-14,17-18,20,31,41H,9-10,19H2,1-3H3,(H,38,39)/t31-/m0/s1. The molecule has 0 radical (unpaired) electrons. The Morgan fingerprint density at radius 1 is 1.04 bits per heavy atom. The van der Waals surface area contributed by atoms with Gasteiger partial charge in [-0.3, -0.25) is 9.97 Å². The minimum absolute atomic E-state index is 0.0320. The summed E-state index contributed by atoms with van der Waals surface area (Å²) in [5.41, 5.74) is 8.12. The van der Waals surface area contributed by atoms with E-state index < -0.39 is 6.04 Å². The minimum atomic E-state index is -0.404. The van der Waals surface area contributed by atoms with Gasteiger partial charge in [0, 0.05) is 36.2 Å². The second-order valence-electron chi connectivity index (χ2n) is 12.6. The Balaban J connectivity index is 1.35. The first-order valence-corrected chi connectivity index (χ1v) is 15.6. The zero-order chi connectivity index (χ0) is 31.2. The highest BCUT2D eigenvalue weighted by molar-refractivity contribution is 7.17. The van der Waals surface area contributed by atoms with Crippen molar-refractivity contribution in [3.63, 3.8) is 0 Å². The van der Waals surface area contributed by atoms with Gasteiger partial charge in [0.2, 0.25) is 0 Å². The molecule has 1 saturated carbocycles. The Morgan fingerprint density at radius 2 is 1.84 bits per heavy atom. The summed E-state index contributed by atoms with van der Waals surface area (Å²) in [6, 6.07) is 18.1. The molecular weight excluding hydrogens is 581 g/mol. The van der Waals surface area contributed by atoms with Gasteiger partial charge in [-0.2, -0.15) is 10.5 Å². The van der Waals surface area contributed by atoms with Crippen LogP contribution in [0.1, 0.15) is 67.6 Å². The lowest BCUT2D eigenvalue weighted by Crippen LogP contribution is -2.20. The molecule has 0 amide bonds. The largest absolute Gasteiger partial charge is 0.383 e. The smallest absolute Gasteiger partial charge is 0.110 e. The summed E-state index contributed by atoms with van der Waals surface area (Å²) in [7, 11) is 0. The molecule has 4 aromatic heterocycles. The molecule has 1 atom stereocenters. The van der Waals surface area contributed by atoms with Crippen molar-refractivity contribution in [3.05, 3.63) is 101 Å². The van der Waals surface area contributed by atoms with E-state index in [2.05, 4.69) is 69.8 Å². The first-order chi connectivity index (χ1) is 21.8. The van der Waals surface area contributed by atoms with Crippen LogP contribution in [0.15, 0.2) is 72.8 Å². The number of rotatable bonds is 8. The number of thiazole rings is 1. The summed E-state index contributed by atoms with van der Waals surface area (Å²) >= 11 is 1.57. The van der Waals surface area contributed by atoms with E-state index in [1.165, 1.54) is 6.20 Å². The molecule has 2 N–H and O–H groups in total. The molecule has 1 aliphatic carbocycles. The number of hydrogen-bond acceptors (Lipinski definition) is 10. The minimum Gasteiger partial charge on any atom is -0.383 e. The maximum Gasteiger partial charge on any atom is 0.110 e. The number of nitrogens with one attached hydrogen (secondary N) is 2. The van der Waals surface area contributed by atoms with E-state index in [9.17, 15) is 10.5 Å². The molecule has 0 aliphatic heterocycles.